The van der Waals surface area contributed by atoms with E-state index in [9.17, 15) is 18.7 Å². The van der Waals surface area contributed by atoms with Crippen molar-refractivity contribution in [2.45, 2.75) is 17.9 Å². The maximum Gasteiger partial charge on any atom is 0.251 e. The van der Waals surface area contributed by atoms with Gasteiger partial charge >= 0.3 is 0 Å². The molecule has 0 bridgehead atoms. The van der Waals surface area contributed by atoms with Gasteiger partial charge in [-0.3, -0.25) is 4.79 Å². The average Bonchev–Trinajstić information content (AvgIpc) is 2.53. The van der Waals surface area contributed by atoms with Crippen molar-refractivity contribution >= 4 is 17.7 Å². The first-order chi connectivity index (χ1) is 10.9. The molecule has 1 unspecified atom stereocenters. The van der Waals surface area contributed by atoms with Crippen molar-refractivity contribution in [2.24, 2.45) is 0 Å². The fraction of sp³-hybridized carbons (Fsp3) is 0.235. The van der Waals surface area contributed by atoms with Gasteiger partial charge in [0, 0.05) is 17.0 Å². The summed E-state index contributed by atoms with van der Waals surface area (Å²) in [6, 6.07) is 8.82. The largest absolute Gasteiger partial charge is 0.386 e. The zero-order valence-corrected chi connectivity index (χ0v) is 13.6. The molecule has 0 spiro atoms. The highest BCUT2D eigenvalue weighted by Crippen LogP contribution is 2.21. The molecule has 1 amide bonds. The van der Waals surface area contributed by atoms with Crippen molar-refractivity contribution in [2.75, 3.05) is 12.8 Å². The number of thioether (sulfide) groups is 1. The number of carbonyl (C=O) groups is 1. The van der Waals surface area contributed by atoms with Crippen LogP contribution in [0.15, 0.2) is 41.3 Å². The Bertz CT molecular complexity index is 701. The number of aryl methyl sites for hydroxylation is 1. The van der Waals surface area contributed by atoms with E-state index < -0.39 is 29.2 Å². The zero-order valence-electron chi connectivity index (χ0n) is 12.8. The van der Waals surface area contributed by atoms with Gasteiger partial charge in [0.15, 0.2) is 0 Å². The second kappa shape index (κ2) is 7.57. The molecule has 122 valence electrons. The minimum Gasteiger partial charge on any atom is -0.386 e. The predicted octanol–water partition coefficient (Wildman–Crippen LogP) is 3.46. The van der Waals surface area contributed by atoms with Crippen molar-refractivity contribution < 1.29 is 18.7 Å². The number of amides is 1. The molecule has 0 fully saturated rings. The van der Waals surface area contributed by atoms with Crippen LogP contribution in [0.5, 0.6) is 0 Å². The van der Waals surface area contributed by atoms with E-state index in [0.29, 0.717) is 5.56 Å². The number of aliphatic hydroxyl groups is 1. The molecule has 23 heavy (non-hydrogen) atoms. The van der Waals surface area contributed by atoms with Crippen LogP contribution in [0.25, 0.3) is 0 Å². The number of hydrogen-bond donors (Lipinski definition) is 2. The summed E-state index contributed by atoms with van der Waals surface area (Å²) in [6.07, 6.45) is 0.445. The lowest BCUT2D eigenvalue weighted by Crippen LogP contribution is -2.29. The molecule has 6 heteroatoms. The molecule has 2 aromatic rings. The van der Waals surface area contributed by atoms with E-state index >= 15 is 0 Å². The van der Waals surface area contributed by atoms with Crippen LogP contribution in [-0.2, 0) is 0 Å². The monoisotopic (exact) mass is 337 g/mol. The highest BCUT2D eigenvalue weighted by molar-refractivity contribution is 7.98. The number of carbonyl (C=O) groups excluding carboxylic acids is 1. The number of halogens is 2. The third-order valence-electron chi connectivity index (χ3n) is 3.48. The van der Waals surface area contributed by atoms with Gasteiger partial charge in [-0.2, -0.15) is 0 Å². The van der Waals surface area contributed by atoms with Gasteiger partial charge in [-0.25, -0.2) is 8.78 Å². The zero-order chi connectivity index (χ0) is 17.0. The van der Waals surface area contributed by atoms with Gasteiger partial charge in [0.05, 0.1) is 5.56 Å². The average molecular weight is 337 g/mol. The Balaban J connectivity index is 2.10. The van der Waals surface area contributed by atoms with Gasteiger partial charge < -0.3 is 10.4 Å². The number of rotatable bonds is 5. The van der Waals surface area contributed by atoms with Crippen LogP contribution in [0.1, 0.15) is 27.6 Å². The summed E-state index contributed by atoms with van der Waals surface area (Å²) in [5, 5.41) is 12.5. The Hall–Kier alpha value is -1.92. The van der Waals surface area contributed by atoms with E-state index in [2.05, 4.69) is 5.32 Å². The quantitative estimate of drug-likeness (QED) is 0.822. The Morgan fingerprint density at radius 2 is 1.91 bits per heavy atom. The summed E-state index contributed by atoms with van der Waals surface area (Å²) in [4.78, 5) is 13.2. The molecular weight excluding hydrogens is 320 g/mol. The first-order valence-electron chi connectivity index (χ1n) is 6.99. The number of aliphatic hydroxyl groups excluding tert-OH is 1. The summed E-state index contributed by atoms with van der Waals surface area (Å²) >= 11 is 1.51. The Labute approximate surface area is 137 Å². The molecule has 0 saturated carbocycles. The van der Waals surface area contributed by atoms with E-state index in [1.54, 1.807) is 13.0 Å². The fourth-order valence-corrected chi connectivity index (χ4v) is 2.63. The van der Waals surface area contributed by atoms with Crippen molar-refractivity contribution in [3.8, 4) is 0 Å². The molecule has 0 aliphatic heterocycles. The van der Waals surface area contributed by atoms with E-state index in [1.807, 2.05) is 18.4 Å². The number of benzene rings is 2. The molecule has 0 heterocycles. The normalized spacial score (nSPS) is 12.0. The lowest BCUT2D eigenvalue weighted by molar-refractivity contribution is 0.0910. The Kier molecular flexibility index (Phi) is 5.74. The van der Waals surface area contributed by atoms with Gasteiger partial charge in [0.2, 0.25) is 0 Å². The maximum atomic E-state index is 13.6. The van der Waals surface area contributed by atoms with Gasteiger partial charge in [-0.05, 0) is 43.0 Å². The van der Waals surface area contributed by atoms with Crippen molar-refractivity contribution in [1.82, 2.24) is 5.32 Å². The molecular formula is C17H17F2NO2S. The van der Waals surface area contributed by atoms with Crippen molar-refractivity contribution in [1.29, 1.82) is 0 Å². The second-order valence-electron chi connectivity index (χ2n) is 5.04. The Morgan fingerprint density at radius 3 is 2.52 bits per heavy atom. The highest BCUT2D eigenvalue weighted by Gasteiger charge is 2.19. The number of hydrogen-bond acceptors (Lipinski definition) is 3. The van der Waals surface area contributed by atoms with E-state index in [4.69, 9.17) is 0 Å². The first-order valence-corrected chi connectivity index (χ1v) is 8.21. The second-order valence-corrected chi connectivity index (χ2v) is 5.92. The SMILES string of the molecule is CSc1ccc(C)c(C(=O)NCC(O)c2c(F)cccc2F)c1. The lowest BCUT2D eigenvalue weighted by Gasteiger charge is -2.15. The molecule has 2 rings (SSSR count). The summed E-state index contributed by atoms with van der Waals surface area (Å²) in [6.45, 7) is 1.52. The molecule has 0 aliphatic rings. The topological polar surface area (TPSA) is 49.3 Å². The molecule has 0 saturated heterocycles. The van der Waals surface area contributed by atoms with Crippen LogP contribution in [0.2, 0.25) is 0 Å². The van der Waals surface area contributed by atoms with Gasteiger partial charge in [-0.15, -0.1) is 11.8 Å². The van der Waals surface area contributed by atoms with E-state index in [1.165, 1.54) is 17.8 Å². The molecule has 0 aromatic heterocycles. The van der Waals surface area contributed by atoms with Crippen molar-refractivity contribution in [3.05, 3.63) is 64.7 Å². The van der Waals surface area contributed by atoms with Crippen LogP contribution in [0.4, 0.5) is 8.78 Å². The summed E-state index contributed by atoms with van der Waals surface area (Å²) in [5.74, 6) is -2.08. The molecule has 1 atom stereocenters. The lowest BCUT2D eigenvalue weighted by atomic mass is 10.1. The first kappa shape index (κ1) is 17.4. The number of nitrogens with one attached hydrogen (secondary N) is 1. The molecule has 2 aromatic carbocycles. The van der Waals surface area contributed by atoms with E-state index in [0.717, 1.165) is 22.6 Å². The van der Waals surface area contributed by atoms with Gasteiger partial charge in [0.1, 0.15) is 17.7 Å². The van der Waals surface area contributed by atoms with Crippen LogP contribution < -0.4 is 5.32 Å². The molecule has 3 nitrogen and oxygen atoms in total. The molecule has 0 aliphatic carbocycles. The highest BCUT2D eigenvalue weighted by atomic mass is 32.2. The third kappa shape index (κ3) is 4.09. The molecule has 2 N–H and O–H groups in total. The third-order valence-corrected chi connectivity index (χ3v) is 4.20. The van der Waals surface area contributed by atoms with Gasteiger partial charge in [-0.1, -0.05) is 12.1 Å². The van der Waals surface area contributed by atoms with E-state index in [-0.39, 0.29) is 6.54 Å². The predicted molar refractivity (Wildman–Crippen MR) is 86.6 cm³/mol. The smallest absolute Gasteiger partial charge is 0.251 e. The minimum absolute atomic E-state index is 0.278. The van der Waals surface area contributed by atoms with Gasteiger partial charge in [0.25, 0.3) is 5.91 Å². The van der Waals surface area contributed by atoms with Crippen molar-refractivity contribution in [3.63, 3.8) is 0 Å². The standard InChI is InChI=1S/C17H17F2NO2S/c1-10-6-7-11(23-2)8-12(10)17(22)20-9-15(21)16-13(18)4-3-5-14(16)19/h3-8,15,21H,9H2,1-2H3,(H,20,22). The summed E-state index contributed by atoms with van der Waals surface area (Å²) < 4.78 is 27.2. The summed E-state index contributed by atoms with van der Waals surface area (Å²) in [5.41, 5.74) is 0.812. The minimum atomic E-state index is -1.45. The molecule has 0 radical (unpaired) electrons. The van der Waals surface area contributed by atoms with Crippen LogP contribution >= 0.6 is 11.8 Å². The maximum absolute atomic E-state index is 13.6. The van der Waals surface area contributed by atoms with Crippen LogP contribution in [-0.4, -0.2) is 23.8 Å². The van der Waals surface area contributed by atoms with Crippen LogP contribution in [0.3, 0.4) is 0 Å². The fourth-order valence-electron chi connectivity index (χ4n) is 2.19. The summed E-state index contributed by atoms with van der Waals surface area (Å²) in [7, 11) is 0. The van der Waals surface area contributed by atoms with Crippen LogP contribution in [0, 0.1) is 18.6 Å². The Morgan fingerprint density at radius 1 is 1.26 bits per heavy atom.